The molecule has 110 valence electrons. The van der Waals surface area contributed by atoms with Crippen molar-refractivity contribution in [2.45, 2.75) is 31.7 Å². The van der Waals surface area contributed by atoms with Crippen LogP contribution in [0.15, 0.2) is 18.2 Å². The predicted octanol–water partition coefficient (Wildman–Crippen LogP) is 2.53. The summed E-state index contributed by atoms with van der Waals surface area (Å²) in [4.78, 5) is 14.4. The van der Waals surface area contributed by atoms with Crippen molar-refractivity contribution in [2.75, 3.05) is 25.9 Å². The second-order valence-corrected chi connectivity index (χ2v) is 5.82. The van der Waals surface area contributed by atoms with Crippen molar-refractivity contribution in [3.63, 3.8) is 0 Å². The van der Waals surface area contributed by atoms with Gasteiger partial charge in [-0.15, -0.1) is 0 Å². The number of anilines is 1. The average molecular weight is 296 g/mol. The number of nitrogen functional groups attached to an aromatic ring is 1. The molecule has 1 aromatic carbocycles. The molecule has 5 heteroatoms. The number of benzene rings is 1. The van der Waals surface area contributed by atoms with Crippen LogP contribution in [0.2, 0.25) is 5.02 Å². The first kappa shape index (κ1) is 15.1. The first-order valence-electron chi connectivity index (χ1n) is 7.11. The van der Waals surface area contributed by atoms with Crippen LogP contribution in [0.5, 0.6) is 0 Å². The van der Waals surface area contributed by atoms with Crippen molar-refractivity contribution in [2.24, 2.45) is 0 Å². The maximum Gasteiger partial charge on any atom is 0.252 e. The third-order valence-electron chi connectivity index (χ3n) is 3.94. The molecule has 0 heterocycles. The molecule has 0 aromatic heterocycles. The van der Waals surface area contributed by atoms with Gasteiger partial charge in [0.1, 0.15) is 0 Å². The summed E-state index contributed by atoms with van der Waals surface area (Å²) in [6.07, 6.45) is 5.19. The Balaban J connectivity index is 1.80. The topological polar surface area (TPSA) is 58.4 Å². The second-order valence-electron chi connectivity index (χ2n) is 5.41. The minimum atomic E-state index is -0.144. The Morgan fingerprint density at radius 1 is 1.45 bits per heavy atom. The lowest BCUT2D eigenvalue weighted by Gasteiger charge is -2.23. The third kappa shape index (κ3) is 3.87. The van der Waals surface area contributed by atoms with Crippen molar-refractivity contribution < 1.29 is 4.79 Å². The summed E-state index contributed by atoms with van der Waals surface area (Å²) in [6.45, 7) is 1.50. The molecule has 4 nitrogen and oxygen atoms in total. The molecule has 0 spiro atoms. The first-order valence-corrected chi connectivity index (χ1v) is 7.49. The fourth-order valence-electron chi connectivity index (χ4n) is 2.68. The van der Waals surface area contributed by atoms with Gasteiger partial charge in [0, 0.05) is 24.8 Å². The van der Waals surface area contributed by atoms with Gasteiger partial charge in [-0.2, -0.15) is 0 Å². The molecular weight excluding hydrogens is 274 g/mol. The van der Waals surface area contributed by atoms with Crippen LogP contribution in [-0.4, -0.2) is 37.0 Å². The fourth-order valence-corrected chi connectivity index (χ4v) is 2.96. The molecule has 0 bridgehead atoms. The third-order valence-corrected chi connectivity index (χ3v) is 4.25. The van der Waals surface area contributed by atoms with E-state index >= 15 is 0 Å². The van der Waals surface area contributed by atoms with E-state index in [0.29, 0.717) is 28.9 Å². The zero-order valence-electron chi connectivity index (χ0n) is 11.9. The van der Waals surface area contributed by atoms with Crippen LogP contribution in [0.25, 0.3) is 0 Å². The quantitative estimate of drug-likeness (QED) is 0.821. The zero-order chi connectivity index (χ0) is 14.5. The maximum absolute atomic E-state index is 12.0. The van der Waals surface area contributed by atoms with Crippen LogP contribution in [-0.2, 0) is 0 Å². The van der Waals surface area contributed by atoms with Gasteiger partial charge in [-0.3, -0.25) is 4.79 Å². The van der Waals surface area contributed by atoms with Gasteiger partial charge in [0.25, 0.3) is 5.91 Å². The van der Waals surface area contributed by atoms with E-state index in [2.05, 4.69) is 17.3 Å². The lowest BCUT2D eigenvalue weighted by Crippen LogP contribution is -2.37. The molecule has 0 aliphatic heterocycles. The van der Waals surface area contributed by atoms with E-state index in [4.69, 9.17) is 17.3 Å². The SMILES string of the molecule is CN(CCNC(=O)c1ccc(N)cc1Cl)C1CCCC1. The van der Waals surface area contributed by atoms with E-state index in [1.54, 1.807) is 18.2 Å². The summed E-state index contributed by atoms with van der Waals surface area (Å²) < 4.78 is 0. The molecule has 1 saturated carbocycles. The van der Waals surface area contributed by atoms with Gasteiger partial charge >= 0.3 is 0 Å². The van der Waals surface area contributed by atoms with Crippen LogP contribution in [0.3, 0.4) is 0 Å². The Morgan fingerprint density at radius 3 is 2.80 bits per heavy atom. The highest BCUT2D eigenvalue weighted by molar-refractivity contribution is 6.34. The van der Waals surface area contributed by atoms with Crippen molar-refractivity contribution in [3.8, 4) is 0 Å². The van der Waals surface area contributed by atoms with Gasteiger partial charge in [-0.05, 0) is 38.1 Å². The number of carbonyl (C=O) groups excluding carboxylic acids is 1. The number of nitrogens with zero attached hydrogens (tertiary/aromatic N) is 1. The Bertz CT molecular complexity index is 472. The summed E-state index contributed by atoms with van der Waals surface area (Å²) in [5.41, 5.74) is 6.65. The Morgan fingerprint density at radius 2 is 2.15 bits per heavy atom. The number of halogens is 1. The monoisotopic (exact) mass is 295 g/mol. The standard InChI is InChI=1S/C15H22ClN3O/c1-19(12-4-2-3-5-12)9-8-18-15(20)13-7-6-11(17)10-14(13)16/h6-7,10,12H,2-5,8-9,17H2,1H3,(H,18,20). The number of nitrogens with two attached hydrogens (primary N) is 1. The normalized spacial score (nSPS) is 15.8. The number of nitrogens with one attached hydrogen (secondary N) is 1. The average Bonchev–Trinajstić information content (AvgIpc) is 2.92. The Hall–Kier alpha value is -1.26. The second kappa shape index (κ2) is 6.95. The number of likely N-dealkylation sites (N-methyl/N-ethyl adjacent to an activating group) is 1. The molecule has 1 aromatic rings. The van der Waals surface area contributed by atoms with E-state index in [9.17, 15) is 4.79 Å². The van der Waals surface area contributed by atoms with Crippen LogP contribution in [0, 0.1) is 0 Å². The molecule has 0 atom stereocenters. The van der Waals surface area contributed by atoms with Crippen LogP contribution in [0.4, 0.5) is 5.69 Å². The molecule has 1 aliphatic carbocycles. The van der Waals surface area contributed by atoms with Crippen LogP contribution in [0.1, 0.15) is 36.0 Å². The van der Waals surface area contributed by atoms with Gasteiger partial charge in [0.15, 0.2) is 0 Å². The highest BCUT2D eigenvalue weighted by atomic mass is 35.5. The smallest absolute Gasteiger partial charge is 0.252 e. The summed E-state index contributed by atoms with van der Waals surface area (Å²) in [6, 6.07) is 5.62. The minimum Gasteiger partial charge on any atom is -0.399 e. The number of hydrogen-bond acceptors (Lipinski definition) is 3. The van der Waals surface area contributed by atoms with Gasteiger partial charge in [-0.1, -0.05) is 24.4 Å². The van der Waals surface area contributed by atoms with E-state index in [-0.39, 0.29) is 5.91 Å². The molecule has 0 radical (unpaired) electrons. The molecule has 1 fully saturated rings. The van der Waals surface area contributed by atoms with E-state index in [1.165, 1.54) is 25.7 Å². The lowest BCUT2D eigenvalue weighted by atomic mass is 10.2. The minimum absolute atomic E-state index is 0.144. The highest BCUT2D eigenvalue weighted by Gasteiger charge is 2.19. The van der Waals surface area contributed by atoms with E-state index < -0.39 is 0 Å². The largest absolute Gasteiger partial charge is 0.399 e. The molecule has 0 saturated heterocycles. The van der Waals surface area contributed by atoms with Crippen molar-refractivity contribution >= 4 is 23.2 Å². The summed E-state index contributed by atoms with van der Waals surface area (Å²) in [5, 5.41) is 3.30. The van der Waals surface area contributed by atoms with E-state index in [1.807, 2.05) is 0 Å². The summed E-state index contributed by atoms with van der Waals surface area (Å²) in [5.74, 6) is -0.144. The highest BCUT2D eigenvalue weighted by Crippen LogP contribution is 2.22. The predicted molar refractivity (Wildman–Crippen MR) is 83.1 cm³/mol. The lowest BCUT2D eigenvalue weighted by molar-refractivity contribution is 0.0947. The molecular formula is C15H22ClN3O. The van der Waals surface area contributed by atoms with Gasteiger partial charge in [-0.25, -0.2) is 0 Å². The molecule has 1 amide bonds. The number of hydrogen-bond donors (Lipinski definition) is 2. The fraction of sp³-hybridized carbons (Fsp3) is 0.533. The Labute approximate surface area is 125 Å². The molecule has 0 unspecified atom stereocenters. The van der Waals surface area contributed by atoms with Crippen LogP contribution >= 0.6 is 11.6 Å². The molecule has 3 N–H and O–H groups in total. The van der Waals surface area contributed by atoms with Crippen molar-refractivity contribution in [3.05, 3.63) is 28.8 Å². The van der Waals surface area contributed by atoms with Gasteiger partial charge in [0.05, 0.1) is 10.6 Å². The first-order chi connectivity index (χ1) is 9.58. The molecule has 2 rings (SSSR count). The van der Waals surface area contributed by atoms with Gasteiger partial charge < -0.3 is 16.0 Å². The summed E-state index contributed by atoms with van der Waals surface area (Å²) >= 11 is 6.02. The van der Waals surface area contributed by atoms with Crippen molar-refractivity contribution in [1.82, 2.24) is 10.2 Å². The molecule has 20 heavy (non-hydrogen) atoms. The van der Waals surface area contributed by atoms with E-state index in [0.717, 1.165) is 6.54 Å². The van der Waals surface area contributed by atoms with Crippen LogP contribution < -0.4 is 11.1 Å². The summed E-state index contributed by atoms with van der Waals surface area (Å²) in [7, 11) is 2.12. The zero-order valence-corrected chi connectivity index (χ0v) is 12.6. The number of carbonyl (C=O) groups is 1. The number of amides is 1. The molecule has 1 aliphatic rings. The van der Waals surface area contributed by atoms with Crippen molar-refractivity contribution in [1.29, 1.82) is 0 Å². The number of rotatable bonds is 5. The maximum atomic E-state index is 12.0. The Kier molecular flexibility index (Phi) is 5.26. The van der Waals surface area contributed by atoms with Gasteiger partial charge in [0.2, 0.25) is 0 Å².